The van der Waals surface area contributed by atoms with E-state index in [2.05, 4.69) is 0 Å². The Morgan fingerprint density at radius 2 is 2.12 bits per heavy atom. The Balaban J connectivity index is 2.41. The van der Waals surface area contributed by atoms with E-state index in [9.17, 15) is 4.79 Å². The van der Waals surface area contributed by atoms with E-state index in [-0.39, 0.29) is 5.78 Å². The molecule has 1 aromatic rings. The van der Waals surface area contributed by atoms with Crippen LogP contribution in [-0.4, -0.2) is 26.1 Å². The van der Waals surface area contributed by atoms with Crippen LogP contribution in [-0.2, 0) is 22.6 Å². The topological polar surface area (TPSA) is 44.8 Å². The second kappa shape index (κ2) is 5.19. The number of methoxy groups -OCH3 is 1. The minimum atomic E-state index is 0.124. The number of carbonyl (C=O) groups excluding carboxylic acids is 1. The molecule has 0 saturated carbocycles. The van der Waals surface area contributed by atoms with Crippen LogP contribution in [0.5, 0.6) is 11.5 Å². The van der Waals surface area contributed by atoms with E-state index < -0.39 is 0 Å². The standard InChI is InChI=1S/C13H16O4/c1-9(14)7-10-3-4-12-13(11(10)8-15-2)17-6-5-16-12/h3-4H,5-8H2,1-2H3. The van der Waals surface area contributed by atoms with Crippen LogP contribution < -0.4 is 9.47 Å². The van der Waals surface area contributed by atoms with Gasteiger partial charge in [0.1, 0.15) is 19.0 Å². The van der Waals surface area contributed by atoms with Crippen molar-refractivity contribution in [2.45, 2.75) is 20.0 Å². The first-order valence-electron chi connectivity index (χ1n) is 5.61. The molecule has 0 radical (unpaired) electrons. The van der Waals surface area contributed by atoms with Crippen LogP contribution in [0.3, 0.4) is 0 Å². The average Bonchev–Trinajstić information content (AvgIpc) is 2.32. The van der Waals surface area contributed by atoms with Gasteiger partial charge in [0.2, 0.25) is 0 Å². The Morgan fingerprint density at radius 1 is 1.35 bits per heavy atom. The van der Waals surface area contributed by atoms with Gasteiger partial charge in [-0.25, -0.2) is 0 Å². The third-order valence-corrected chi connectivity index (χ3v) is 2.64. The van der Waals surface area contributed by atoms with Crippen LogP contribution in [0.4, 0.5) is 0 Å². The highest BCUT2D eigenvalue weighted by molar-refractivity contribution is 5.79. The van der Waals surface area contributed by atoms with E-state index in [0.29, 0.717) is 26.2 Å². The van der Waals surface area contributed by atoms with Gasteiger partial charge in [-0.2, -0.15) is 0 Å². The van der Waals surface area contributed by atoms with Crippen LogP contribution in [0.2, 0.25) is 0 Å². The first-order chi connectivity index (χ1) is 8.22. The molecule has 0 fully saturated rings. The zero-order chi connectivity index (χ0) is 12.3. The zero-order valence-corrected chi connectivity index (χ0v) is 10.1. The number of Topliss-reactive ketones (excluding diaryl/α,β-unsaturated/α-hetero) is 1. The van der Waals surface area contributed by atoms with Crippen molar-refractivity contribution in [3.8, 4) is 11.5 Å². The van der Waals surface area contributed by atoms with E-state index in [4.69, 9.17) is 14.2 Å². The van der Waals surface area contributed by atoms with E-state index >= 15 is 0 Å². The second-order valence-electron chi connectivity index (χ2n) is 4.04. The Hall–Kier alpha value is -1.55. The van der Waals surface area contributed by atoms with Crippen molar-refractivity contribution >= 4 is 5.78 Å². The van der Waals surface area contributed by atoms with Crippen LogP contribution in [0.15, 0.2) is 12.1 Å². The smallest absolute Gasteiger partial charge is 0.167 e. The molecule has 92 valence electrons. The van der Waals surface area contributed by atoms with Crippen molar-refractivity contribution in [3.63, 3.8) is 0 Å². The van der Waals surface area contributed by atoms with Gasteiger partial charge in [0.25, 0.3) is 0 Å². The molecule has 4 heteroatoms. The summed E-state index contributed by atoms with van der Waals surface area (Å²) in [6, 6.07) is 3.76. The zero-order valence-electron chi connectivity index (χ0n) is 10.1. The average molecular weight is 236 g/mol. The lowest BCUT2D eigenvalue weighted by molar-refractivity contribution is -0.116. The van der Waals surface area contributed by atoms with Crippen LogP contribution in [0.1, 0.15) is 18.1 Å². The van der Waals surface area contributed by atoms with Crippen molar-refractivity contribution in [1.82, 2.24) is 0 Å². The van der Waals surface area contributed by atoms with Crippen molar-refractivity contribution in [3.05, 3.63) is 23.3 Å². The molecule has 17 heavy (non-hydrogen) atoms. The van der Waals surface area contributed by atoms with Crippen molar-refractivity contribution in [1.29, 1.82) is 0 Å². The van der Waals surface area contributed by atoms with E-state index in [1.807, 2.05) is 12.1 Å². The molecule has 0 spiro atoms. The van der Waals surface area contributed by atoms with Gasteiger partial charge in [-0.05, 0) is 18.6 Å². The fraction of sp³-hybridized carbons (Fsp3) is 0.462. The number of hydrogen-bond acceptors (Lipinski definition) is 4. The molecule has 0 saturated heterocycles. The highest BCUT2D eigenvalue weighted by atomic mass is 16.6. The molecule has 4 nitrogen and oxygen atoms in total. The second-order valence-corrected chi connectivity index (χ2v) is 4.04. The number of carbonyl (C=O) groups is 1. The largest absolute Gasteiger partial charge is 0.486 e. The third kappa shape index (κ3) is 2.58. The minimum Gasteiger partial charge on any atom is -0.486 e. The first-order valence-corrected chi connectivity index (χ1v) is 5.61. The van der Waals surface area contributed by atoms with Crippen molar-refractivity contribution in [2.24, 2.45) is 0 Å². The molecule has 1 heterocycles. The molecule has 1 aliphatic heterocycles. The molecule has 0 amide bonds. The summed E-state index contributed by atoms with van der Waals surface area (Å²) >= 11 is 0. The molecular formula is C13H16O4. The fourth-order valence-electron chi connectivity index (χ4n) is 1.95. The summed E-state index contributed by atoms with van der Waals surface area (Å²) in [6.07, 6.45) is 0.398. The van der Waals surface area contributed by atoms with Gasteiger partial charge in [0.05, 0.1) is 6.61 Å². The van der Waals surface area contributed by atoms with Crippen LogP contribution in [0.25, 0.3) is 0 Å². The van der Waals surface area contributed by atoms with E-state index in [1.54, 1.807) is 14.0 Å². The Labute approximate surface area is 100 Å². The maximum Gasteiger partial charge on any atom is 0.167 e. The SMILES string of the molecule is COCc1c(CC(C)=O)ccc2c1OCCO2. The van der Waals surface area contributed by atoms with Crippen molar-refractivity contribution < 1.29 is 19.0 Å². The normalized spacial score (nSPS) is 13.5. The number of hydrogen-bond donors (Lipinski definition) is 0. The molecule has 1 aliphatic rings. The van der Waals surface area contributed by atoms with E-state index in [0.717, 1.165) is 22.6 Å². The summed E-state index contributed by atoms with van der Waals surface area (Å²) in [4.78, 5) is 11.2. The lowest BCUT2D eigenvalue weighted by Gasteiger charge is -2.22. The van der Waals surface area contributed by atoms with Gasteiger partial charge in [-0.1, -0.05) is 6.07 Å². The predicted octanol–water partition coefficient (Wildman–Crippen LogP) is 1.74. The molecule has 2 rings (SSSR count). The third-order valence-electron chi connectivity index (χ3n) is 2.64. The number of rotatable bonds is 4. The molecule has 0 N–H and O–H groups in total. The summed E-state index contributed by atoms with van der Waals surface area (Å²) in [7, 11) is 1.63. The Kier molecular flexibility index (Phi) is 3.64. The number of benzene rings is 1. The van der Waals surface area contributed by atoms with Gasteiger partial charge < -0.3 is 14.2 Å². The Morgan fingerprint density at radius 3 is 2.82 bits per heavy atom. The van der Waals surface area contributed by atoms with E-state index in [1.165, 1.54) is 0 Å². The summed E-state index contributed by atoms with van der Waals surface area (Å²) in [6.45, 7) is 3.10. The monoisotopic (exact) mass is 236 g/mol. The van der Waals surface area contributed by atoms with Gasteiger partial charge in [-0.15, -0.1) is 0 Å². The summed E-state index contributed by atoms with van der Waals surface area (Å²) in [5.41, 5.74) is 1.86. The highest BCUT2D eigenvalue weighted by Crippen LogP contribution is 2.36. The van der Waals surface area contributed by atoms with Gasteiger partial charge in [0, 0.05) is 19.1 Å². The predicted molar refractivity (Wildman–Crippen MR) is 62.5 cm³/mol. The molecule has 0 aliphatic carbocycles. The number of fused-ring (bicyclic) bond motifs is 1. The minimum absolute atomic E-state index is 0.124. The first kappa shape index (κ1) is 11.9. The van der Waals surface area contributed by atoms with Crippen LogP contribution in [0, 0.1) is 0 Å². The van der Waals surface area contributed by atoms with Gasteiger partial charge in [0.15, 0.2) is 11.5 Å². The number of ether oxygens (including phenoxy) is 3. The highest BCUT2D eigenvalue weighted by Gasteiger charge is 2.19. The Bertz CT molecular complexity index is 426. The molecule has 0 atom stereocenters. The van der Waals surface area contributed by atoms with Crippen molar-refractivity contribution in [2.75, 3.05) is 20.3 Å². The lowest BCUT2D eigenvalue weighted by Crippen LogP contribution is -2.18. The molecule has 0 bridgehead atoms. The molecule has 0 aromatic heterocycles. The fourth-order valence-corrected chi connectivity index (χ4v) is 1.95. The van der Waals surface area contributed by atoms with Gasteiger partial charge >= 0.3 is 0 Å². The quantitative estimate of drug-likeness (QED) is 0.798. The number of ketones is 1. The maximum absolute atomic E-state index is 11.2. The lowest BCUT2D eigenvalue weighted by atomic mass is 10.0. The summed E-state index contributed by atoms with van der Waals surface area (Å²) in [5.74, 6) is 1.58. The molecule has 0 unspecified atom stereocenters. The summed E-state index contributed by atoms with van der Waals surface area (Å²) < 4.78 is 16.3. The molecule has 1 aromatic carbocycles. The maximum atomic E-state index is 11.2. The summed E-state index contributed by atoms with van der Waals surface area (Å²) in [5, 5.41) is 0. The van der Waals surface area contributed by atoms with Crippen LogP contribution >= 0.6 is 0 Å². The van der Waals surface area contributed by atoms with Gasteiger partial charge in [-0.3, -0.25) is 4.79 Å². The molecular weight excluding hydrogens is 220 g/mol.